The first-order valence-electron chi connectivity index (χ1n) is 10.2. The van der Waals surface area contributed by atoms with Gasteiger partial charge in [0, 0.05) is 31.1 Å². The Morgan fingerprint density at radius 1 is 1.21 bits per heavy atom. The highest BCUT2D eigenvalue weighted by Gasteiger charge is 2.39. The van der Waals surface area contributed by atoms with Gasteiger partial charge in [-0.15, -0.1) is 0 Å². The lowest BCUT2D eigenvalue weighted by atomic mass is 9.93. The van der Waals surface area contributed by atoms with Crippen molar-refractivity contribution in [2.24, 2.45) is 5.92 Å². The molecule has 0 saturated carbocycles. The summed E-state index contributed by atoms with van der Waals surface area (Å²) in [5.74, 6) is -0.0688. The third kappa shape index (κ3) is 3.82. The largest absolute Gasteiger partial charge is 0.322 e. The maximum absolute atomic E-state index is 13.1. The normalized spacial score (nSPS) is 27.7. The van der Waals surface area contributed by atoms with Gasteiger partial charge in [0.05, 0.1) is 0 Å². The summed E-state index contributed by atoms with van der Waals surface area (Å²) < 4.78 is 0. The van der Waals surface area contributed by atoms with Crippen molar-refractivity contribution in [2.45, 2.75) is 57.8 Å². The van der Waals surface area contributed by atoms with Crippen molar-refractivity contribution in [3.63, 3.8) is 0 Å². The van der Waals surface area contributed by atoms with Crippen molar-refractivity contribution in [3.05, 3.63) is 34.9 Å². The smallest absolute Gasteiger partial charge is 0.255 e. The zero-order valence-corrected chi connectivity index (χ0v) is 16.3. The first kappa shape index (κ1) is 19.1. The fraction of sp³-hybridized carbons (Fsp3) is 0.571. The monoisotopic (exact) mass is 384 g/mol. The first-order chi connectivity index (χ1) is 13.5. The number of carbonyl (C=O) groups is 3. The van der Waals surface area contributed by atoms with E-state index < -0.39 is 6.04 Å². The van der Waals surface area contributed by atoms with Crippen LogP contribution in [-0.2, 0) is 22.7 Å². The molecule has 1 aromatic carbocycles. The van der Waals surface area contributed by atoms with E-state index in [2.05, 4.69) is 22.9 Å². The number of nitrogens with one attached hydrogen (secondary N) is 3. The van der Waals surface area contributed by atoms with Gasteiger partial charge in [0.25, 0.3) is 5.91 Å². The lowest BCUT2D eigenvalue weighted by Crippen LogP contribution is -2.52. The Hall–Kier alpha value is -2.25. The maximum Gasteiger partial charge on any atom is 0.255 e. The molecule has 0 aromatic heterocycles. The third-order valence-electron chi connectivity index (χ3n) is 6.12. The number of nitrogens with zero attached hydrogens (tertiary/aromatic N) is 1. The second-order valence-electron chi connectivity index (χ2n) is 8.23. The Morgan fingerprint density at radius 3 is 2.86 bits per heavy atom. The van der Waals surface area contributed by atoms with Gasteiger partial charge in [-0.2, -0.15) is 0 Å². The van der Waals surface area contributed by atoms with E-state index >= 15 is 0 Å². The molecule has 2 saturated heterocycles. The summed E-state index contributed by atoms with van der Waals surface area (Å²) >= 11 is 0. The molecule has 1 aromatic rings. The van der Waals surface area contributed by atoms with Crippen molar-refractivity contribution in [1.82, 2.24) is 20.9 Å². The van der Waals surface area contributed by atoms with E-state index in [-0.39, 0.29) is 24.1 Å². The summed E-state index contributed by atoms with van der Waals surface area (Å²) in [6.45, 7) is 5.31. The SMILES string of the molecule is CC1CC(CNCc2cccc3c2C(=O)N(C2CCC(=O)NC2=O)C3)CCN1. The third-order valence-corrected chi connectivity index (χ3v) is 6.12. The molecule has 3 aliphatic rings. The Bertz CT molecular complexity index is 794. The molecule has 3 amide bonds. The van der Waals surface area contributed by atoms with Gasteiger partial charge in [0.15, 0.2) is 0 Å². The van der Waals surface area contributed by atoms with Crippen molar-refractivity contribution in [3.8, 4) is 0 Å². The predicted octanol–water partition coefficient (Wildman–Crippen LogP) is 0.925. The Balaban J connectivity index is 1.42. The molecule has 0 bridgehead atoms. The van der Waals surface area contributed by atoms with E-state index in [9.17, 15) is 14.4 Å². The zero-order valence-electron chi connectivity index (χ0n) is 16.3. The molecule has 28 heavy (non-hydrogen) atoms. The minimum Gasteiger partial charge on any atom is -0.322 e. The van der Waals surface area contributed by atoms with Gasteiger partial charge in [-0.3, -0.25) is 19.7 Å². The average Bonchev–Trinajstić information content (AvgIpc) is 2.99. The summed E-state index contributed by atoms with van der Waals surface area (Å²) in [4.78, 5) is 38.3. The van der Waals surface area contributed by atoms with Crippen molar-refractivity contribution < 1.29 is 14.4 Å². The fourth-order valence-corrected chi connectivity index (χ4v) is 4.67. The quantitative estimate of drug-likeness (QED) is 0.657. The van der Waals surface area contributed by atoms with Gasteiger partial charge in [-0.25, -0.2) is 0 Å². The van der Waals surface area contributed by atoms with E-state index in [1.54, 1.807) is 4.90 Å². The van der Waals surface area contributed by atoms with Crippen LogP contribution in [0, 0.1) is 5.92 Å². The van der Waals surface area contributed by atoms with Crippen molar-refractivity contribution in [1.29, 1.82) is 0 Å². The van der Waals surface area contributed by atoms with Gasteiger partial charge >= 0.3 is 0 Å². The lowest BCUT2D eigenvalue weighted by Gasteiger charge is -2.29. The molecule has 3 N–H and O–H groups in total. The summed E-state index contributed by atoms with van der Waals surface area (Å²) in [6, 6.07) is 5.92. The standard InChI is InChI=1S/C21H28N4O3/c1-13-9-14(7-8-23-13)10-22-11-15-3-2-4-16-12-25(21(28)19(15)16)17-5-6-18(26)24-20(17)27/h2-4,13-14,17,22-23H,5-12H2,1H3,(H,24,26,27). The Labute approximate surface area is 165 Å². The summed E-state index contributed by atoms with van der Waals surface area (Å²) in [5.41, 5.74) is 2.67. The van der Waals surface area contributed by atoms with E-state index in [4.69, 9.17) is 0 Å². The van der Waals surface area contributed by atoms with Gasteiger partial charge < -0.3 is 15.5 Å². The molecule has 0 spiro atoms. The van der Waals surface area contributed by atoms with E-state index in [0.717, 1.165) is 29.8 Å². The highest BCUT2D eigenvalue weighted by molar-refractivity contribution is 6.05. The zero-order chi connectivity index (χ0) is 19.7. The van der Waals surface area contributed by atoms with Crippen molar-refractivity contribution in [2.75, 3.05) is 13.1 Å². The lowest BCUT2D eigenvalue weighted by molar-refractivity contribution is -0.136. The molecule has 150 valence electrons. The van der Waals surface area contributed by atoms with Crippen LogP contribution in [0.1, 0.15) is 54.1 Å². The average molecular weight is 384 g/mol. The first-order valence-corrected chi connectivity index (χ1v) is 10.2. The van der Waals surface area contributed by atoms with Crippen LogP contribution in [0.5, 0.6) is 0 Å². The van der Waals surface area contributed by atoms with Crippen LogP contribution in [0.2, 0.25) is 0 Å². The number of piperidine rings is 2. The number of rotatable bonds is 5. The van der Waals surface area contributed by atoms with Crippen LogP contribution in [0.25, 0.3) is 0 Å². The number of benzene rings is 1. The molecule has 2 fully saturated rings. The molecule has 3 aliphatic heterocycles. The maximum atomic E-state index is 13.1. The van der Waals surface area contributed by atoms with E-state index in [0.29, 0.717) is 31.5 Å². The molecule has 0 aliphatic carbocycles. The van der Waals surface area contributed by atoms with Gasteiger partial charge in [-0.05, 0) is 56.3 Å². The molecule has 0 radical (unpaired) electrons. The van der Waals surface area contributed by atoms with Crippen LogP contribution in [-0.4, -0.2) is 47.8 Å². The molecular formula is C21H28N4O3. The van der Waals surface area contributed by atoms with Crippen LogP contribution in [0.3, 0.4) is 0 Å². The Morgan fingerprint density at radius 2 is 2.07 bits per heavy atom. The topological polar surface area (TPSA) is 90.5 Å². The molecule has 7 heteroatoms. The molecule has 3 unspecified atom stereocenters. The number of amides is 3. The second-order valence-corrected chi connectivity index (χ2v) is 8.23. The second kappa shape index (κ2) is 8.01. The van der Waals surface area contributed by atoms with Crippen LogP contribution in [0.15, 0.2) is 18.2 Å². The summed E-state index contributed by atoms with van der Waals surface area (Å²) in [5, 5.41) is 9.35. The van der Waals surface area contributed by atoms with Gasteiger partial charge in [0.1, 0.15) is 6.04 Å². The number of imide groups is 1. The summed E-state index contributed by atoms with van der Waals surface area (Å²) in [7, 11) is 0. The number of hydrogen-bond donors (Lipinski definition) is 3. The van der Waals surface area contributed by atoms with Gasteiger partial charge in [-0.1, -0.05) is 18.2 Å². The predicted molar refractivity (Wildman–Crippen MR) is 104 cm³/mol. The number of carbonyl (C=O) groups excluding carboxylic acids is 3. The minimum absolute atomic E-state index is 0.0996. The Kier molecular flexibility index (Phi) is 5.46. The highest BCUT2D eigenvalue weighted by Crippen LogP contribution is 2.29. The van der Waals surface area contributed by atoms with Crippen LogP contribution < -0.4 is 16.0 Å². The molecule has 7 nitrogen and oxygen atoms in total. The van der Waals surface area contributed by atoms with E-state index in [1.807, 2.05) is 18.2 Å². The summed E-state index contributed by atoms with van der Waals surface area (Å²) in [6.07, 6.45) is 3.01. The molecule has 4 rings (SSSR count). The highest BCUT2D eigenvalue weighted by atomic mass is 16.2. The number of fused-ring (bicyclic) bond motifs is 1. The van der Waals surface area contributed by atoms with Crippen molar-refractivity contribution >= 4 is 17.7 Å². The van der Waals surface area contributed by atoms with Gasteiger partial charge in [0.2, 0.25) is 11.8 Å². The minimum atomic E-state index is -0.561. The van der Waals surface area contributed by atoms with E-state index in [1.165, 1.54) is 12.8 Å². The molecule has 3 heterocycles. The number of hydrogen-bond acceptors (Lipinski definition) is 5. The molecular weight excluding hydrogens is 356 g/mol. The molecule has 3 atom stereocenters. The van der Waals surface area contributed by atoms with Crippen LogP contribution in [0.4, 0.5) is 0 Å². The fourth-order valence-electron chi connectivity index (χ4n) is 4.67. The van der Waals surface area contributed by atoms with Crippen LogP contribution >= 0.6 is 0 Å².